The van der Waals surface area contributed by atoms with Crippen LogP contribution in [0.3, 0.4) is 0 Å². The van der Waals surface area contributed by atoms with E-state index in [0.29, 0.717) is 12.4 Å². The molecule has 0 fully saturated rings. The lowest BCUT2D eigenvalue weighted by Crippen LogP contribution is -2.07. The van der Waals surface area contributed by atoms with Crippen LogP contribution in [0.15, 0.2) is 41.8 Å². The van der Waals surface area contributed by atoms with Crippen molar-refractivity contribution >= 4 is 17.5 Å². The number of hydrogen-bond acceptors (Lipinski definition) is 5. The van der Waals surface area contributed by atoms with Gasteiger partial charge >= 0.3 is 0 Å². The minimum Gasteiger partial charge on any atom is -0.385 e. The summed E-state index contributed by atoms with van der Waals surface area (Å²) < 4.78 is 9.18. The number of ketones is 1. The number of carbonyl (C=O) groups is 1. The van der Waals surface area contributed by atoms with Crippen LogP contribution >= 0.6 is 11.8 Å². The van der Waals surface area contributed by atoms with Gasteiger partial charge in [-0.15, -0.1) is 10.2 Å². The fourth-order valence-corrected chi connectivity index (χ4v) is 4.06. The average molecular weight is 399 g/mol. The molecule has 0 N–H and O–H groups in total. The monoisotopic (exact) mass is 398 g/mol. The maximum atomic E-state index is 12.9. The Kier molecular flexibility index (Phi) is 6.70. The molecule has 3 rings (SSSR count). The van der Waals surface area contributed by atoms with E-state index in [9.17, 15) is 4.79 Å². The number of thioether (sulfide) groups is 1. The molecule has 0 radical (unpaired) electrons. The summed E-state index contributed by atoms with van der Waals surface area (Å²) in [7, 11) is 1.69. The van der Waals surface area contributed by atoms with Gasteiger partial charge < -0.3 is 13.9 Å². The highest BCUT2D eigenvalue weighted by atomic mass is 32.2. The van der Waals surface area contributed by atoms with Crippen molar-refractivity contribution in [3.8, 4) is 5.69 Å². The maximum absolute atomic E-state index is 12.9. The molecule has 0 saturated carbocycles. The third-order valence-electron chi connectivity index (χ3n) is 4.68. The first-order valence-electron chi connectivity index (χ1n) is 9.30. The number of aryl methyl sites for hydroxylation is 3. The van der Waals surface area contributed by atoms with Crippen LogP contribution in [0, 0.1) is 20.8 Å². The van der Waals surface area contributed by atoms with Crippen molar-refractivity contribution in [2.75, 3.05) is 19.5 Å². The zero-order chi connectivity index (χ0) is 20.1. The van der Waals surface area contributed by atoms with Gasteiger partial charge in [0.15, 0.2) is 10.9 Å². The van der Waals surface area contributed by atoms with Gasteiger partial charge in [0.2, 0.25) is 0 Å². The smallest absolute Gasteiger partial charge is 0.191 e. The molecule has 7 heteroatoms. The van der Waals surface area contributed by atoms with Gasteiger partial charge in [-0.3, -0.25) is 4.79 Å². The van der Waals surface area contributed by atoms with Crippen LogP contribution in [-0.4, -0.2) is 44.6 Å². The molecule has 0 amide bonds. The summed E-state index contributed by atoms with van der Waals surface area (Å²) in [6.45, 7) is 7.56. The van der Waals surface area contributed by atoms with Crippen LogP contribution in [0.5, 0.6) is 0 Å². The third-order valence-corrected chi connectivity index (χ3v) is 5.66. The van der Waals surface area contributed by atoms with Gasteiger partial charge in [-0.25, -0.2) is 0 Å². The summed E-state index contributed by atoms with van der Waals surface area (Å²) in [4.78, 5) is 12.9. The number of rotatable bonds is 9. The summed E-state index contributed by atoms with van der Waals surface area (Å²) in [5, 5.41) is 8.87. The Morgan fingerprint density at radius 2 is 1.93 bits per heavy atom. The predicted octanol–water partition coefficient (Wildman–Crippen LogP) is 4.01. The summed E-state index contributed by atoms with van der Waals surface area (Å²) in [6.07, 6.45) is 2.58. The number of benzene rings is 1. The highest BCUT2D eigenvalue weighted by Crippen LogP contribution is 2.24. The lowest BCUT2D eigenvalue weighted by molar-refractivity contribution is 0.102. The van der Waals surface area contributed by atoms with Crippen molar-refractivity contribution in [1.29, 1.82) is 0 Å². The molecule has 3 aromatic rings. The molecular formula is C21H26N4O2S. The van der Waals surface area contributed by atoms with E-state index < -0.39 is 0 Å². The van der Waals surface area contributed by atoms with Crippen molar-refractivity contribution < 1.29 is 9.53 Å². The van der Waals surface area contributed by atoms with E-state index in [4.69, 9.17) is 4.74 Å². The minimum absolute atomic E-state index is 0.0999. The maximum Gasteiger partial charge on any atom is 0.191 e. The van der Waals surface area contributed by atoms with Gasteiger partial charge in [-0.2, -0.15) is 0 Å². The number of nitrogens with zero attached hydrogens (tertiary/aromatic N) is 4. The van der Waals surface area contributed by atoms with Crippen LogP contribution in [0.25, 0.3) is 5.69 Å². The number of Topliss-reactive ketones (excluding diaryl/α,β-unsaturated/α-hetero) is 1. The average Bonchev–Trinajstić information content (AvgIpc) is 3.25. The number of methoxy groups -OCH3 is 1. The summed E-state index contributed by atoms with van der Waals surface area (Å²) >= 11 is 1.43. The van der Waals surface area contributed by atoms with Gasteiger partial charge in [-0.1, -0.05) is 29.5 Å². The van der Waals surface area contributed by atoms with E-state index >= 15 is 0 Å². The normalized spacial score (nSPS) is 11.1. The molecule has 1 aromatic carbocycles. The number of carbonyl (C=O) groups excluding carboxylic acids is 1. The molecule has 0 aliphatic carbocycles. The van der Waals surface area contributed by atoms with Crippen LogP contribution < -0.4 is 0 Å². The zero-order valence-electron chi connectivity index (χ0n) is 16.8. The van der Waals surface area contributed by atoms with Crippen LogP contribution in [0.2, 0.25) is 0 Å². The van der Waals surface area contributed by atoms with Gasteiger partial charge in [-0.05, 0) is 45.4 Å². The first kappa shape index (κ1) is 20.4. The Balaban J connectivity index is 1.71. The predicted molar refractivity (Wildman–Crippen MR) is 112 cm³/mol. The number of aromatic nitrogens is 4. The molecule has 148 valence electrons. The van der Waals surface area contributed by atoms with Gasteiger partial charge in [0.05, 0.1) is 5.75 Å². The Bertz CT molecular complexity index is 944. The fourth-order valence-electron chi connectivity index (χ4n) is 3.23. The van der Waals surface area contributed by atoms with Crippen LogP contribution in [-0.2, 0) is 11.3 Å². The zero-order valence-corrected chi connectivity index (χ0v) is 17.6. The first-order chi connectivity index (χ1) is 13.5. The van der Waals surface area contributed by atoms with Crippen LogP contribution in [0.1, 0.15) is 33.7 Å². The topological polar surface area (TPSA) is 61.9 Å². The molecule has 2 heterocycles. The van der Waals surface area contributed by atoms with Crippen molar-refractivity contribution in [3.05, 3.63) is 59.2 Å². The molecule has 0 aliphatic heterocycles. The molecule has 28 heavy (non-hydrogen) atoms. The van der Waals surface area contributed by atoms with Crippen molar-refractivity contribution in [3.63, 3.8) is 0 Å². The van der Waals surface area contributed by atoms with E-state index in [-0.39, 0.29) is 5.78 Å². The lowest BCUT2D eigenvalue weighted by Gasteiger charge is -2.10. The molecule has 0 atom stereocenters. The third kappa shape index (κ3) is 4.54. The Labute approximate surface area is 169 Å². The molecule has 0 bridgehead atoms. The molecule has 0 aliphatic rings. The Morgan fingerprint density at radius 1 is 1.18 bits per heavy atom. The summed E-state index contributed by atoms with van der Waals surface area (Å²) in [6, 6.07) is 10.3. The summed E-state index contributed by atoms with van der Waals surface area (Å²) in [5.74, 6) is 0.434. The van der Waals surface area contributed by atoms with E-state index in [0.717, 1.165) is 40.8 Å². The largest absolute Gasteiger partial charge is 0.385 e. The second kappa shape index (κ2) is 9.21. The quantitative estimate of drug-likeness (QED) is 0.310. The highest BCUT2D eigenvalue weighted by Gasteiger charge is 2.18. The fraction of sp³-hybridized carbons (Fsp3) is 0.381. The van der Waals surface area contributed by atoms with Crippen molar-refractivity contribution in [2.45, 2.75) is 38.9 Å². The Hall–Kier alpha value is -2.38. The van der Waals surface area contributed by atoms with Crippen LogP contribution in [0.4, 0.5) is 0 Å². The van der Waals surface area contributed by atoms with E-state index in [2.05, 4.69) is 46.0 Å². The van der Waals surface area contributed by atoms with Gasteiger partial charge in [0, 0.05) is 42.9 Å². The van der Waals surface area contributed by atoms with Gasteiger partial charge in [0.25, 0.3) is 0 Å². The first-order valence-corrected chi connectivity index (χ1v) is 10.3. The van der Waals surface area contributed by atoms with Crippen molar-refractivity contribution in [1.82, 2.24) is 19.3 Å². The minimum atomic E-state index is 0.0999. The van der Waals surface area contributed by atoms with E-state index in [1.165, 1.54) is 17.3 Å². The molecule has 2 aromatic heterocycles. The second-order valence-electron chi connectivity index (χ2n) is 6.82. The summed E-state index contributed by atoms with van der Waals surface area (Å²) in [5.41, 5.74) is 5.07. The molecular weight excluding hydrogens is 372 g/mol. The SMILES string of the molecule is COCCCn1cnnc1SCC(=O)c1cc(C)n(-c2ccc(C)cc2)c1C. The van der Waals surface area contributed by atoms with Gasteiger partial charge in [0.1, 0.15) is 6.33 Å². The molecule has 0 unspecified atom stereocenters. The number of ether oxygens (including phenoxy) is 1. The van der Waals surface area contributed by atoms with Crippen molar-refractivity contribution in [2.24, 2.45) is 0 Å². The second-order valence-corrected chi connectivity index (χ2v) is 7.76. The lowest BCUT2D eigenvalue weighted by atomic mass is 10.2. The van der Waals surface area contributed by atoms with E-state index in [1.807, 2.05) is 24.5 Å². The highest BCUT2D eigenvalue weighted by molar-refractivity contribution is 7.99. The molecule has 6 nitrogen and oxygen atoms in total. The Morgan fingerprint density at radius 3 is 2.64 bits per heavy atom. The standard InChI is InChI=1S/C21H26N4O2S/c1-15-6-8-18(9-7-15)25-16(2)12-19(17(25)3)20(26)13-28-21-23-22-14-24(21)10-5-11-27-4/h6-9,12,14H,5,10-11,13H2,1-4H3. The number of hydrogen-bond donors (Lipinski definition) is 0. The molecule has 0 spiro atoms. The molecule has 0 saturated heterocycles. The van der Waals surface area contributed by atoms with E-state index in [1.54, 1.807) is 13.4 Å².